The van der Waals surface area contributed by atoms with Crippen molar-refractivity contribution in [2.75, 3.05) is 10.6 Å². The highest BCUT2D eigenvalue weighted by atomic mass is 19.2. The van der Waals surface area contributed by atoms with E-state index >= 15 is 0 Å². The first-order chi connectivity index (χ1) is 13.5. The van der Waals surface area contributed by atoms with Gasteiger partial charge in [-0.3, -0.25) is 4.98 Å². The first kappa shape index (κ1) is 17.7. The number of pyridine rings is 1. The molecule has 0 amide bonds. The molecule has 140 valence electrons. The molecule has 0 atom stereocenters. The Morgan fingerprint density at radius 1 is 0.821 bits per heavy atom. The van der Waals surface area contributed by atoms with Crippen LogP contribution < -0.4 is 10.6 Å². The standard InChI is InChI=1S/C20H14F3N5/c1-11-10-16(26-14-8-7-13(21)17(22)18(14)23)28-20(25-11)27-15-6-2-4-12-5-3-9-24-19(12)15/h2-10H,1H3,(H2,25,26,27,28). The molecule has 2 aromatic heterocycles. The van der Waals surface area contributed by atoms with E-state index in [2.05, 4.69) is 25.6 Å². The van der Waals surface area contributed by atoms with Crippen molar-refractivity contribution in [3.05, 3.63) is 77.9 Å². The number of nitrogens with one attached hydrogen (secondary N) is 2. The lowest BCUT2D eigenvalue weighted by Gasteiger charge is -2.12. The lowest BCUT2D eigenvalue weighted by atomic mass is 10.2. The average Bonchev–Trinajstić information content (AvgIpc) is 2.68. The van der Waals surface area contributed by atoms with E-state index in [0.717, 1.165) is 23.0 Å². The molecule has 2 aromatic carbocycles. The van der Waals surface area contributed by atoms with Crippen LogP contribution in [0.3, 0.4) is 0 Å². The minimum absolute atomic E-state index is 0.227. The van der Waals surface area contributed by atoms with E-state index < -0.39 is 17.5 Å². The van der Waals surface area contributed by atoms with Crippen molar-refractivity contribution in [1.29, 1.82) is 0 Å². The third kappa shape index (κ3) is 3.44. The van der Waals surface area contributed by atoms with Gasteiger partial charge in [-0.25, -0.2) is 18.2 Å². The molecule has 0 spiro atoms. The van der Waals surface area contributed by atoms with Gasteiger partial charge in [-0.15, -0.1) is 0 Å². The van der Waals surface area contributed by atoms with Gasteiger partial charge in [0.1, 0.15) is 5.82 Å². The van der Waals surface area contributed by atoms with Gasteiger partial charge in [-0.1, -0.05) is 18.2 Å². The summed E-state index contributed by atoms with van der Waals surface area (Å²) < 4.78 is 40.5. The topological polar surface area (TPSA) is 62.7 Å². The Bertz CT molecular complexity index is 1170. The molecule has 4 aromatic rings. The highest BCUT2D eigenvalue weighted by molar-refractivity contribution is 5.91. The van der Waals surface area contributed by atoms with Crippen molar-refractivity contribution in [2.24, 2.45) is 0 Å². The van der Waals surface area contributed by atoms with Gasteiger partial charge in [-0.05, 0) is 31.2 Å². The fourth-order valence-electron chi connectivity index (χ4n) is 2.77. The Morgan fingerprint density at radius 3 is 2.50 bits per heavy atom. The highest BCUT2D eigenvalue weighted by Crippen LogP contribution is 2.26. The van der Waals surface area contributed by atoms with E-state index in [9.17, 15) is 13.2 Å². The predicted molar refractivity (Wildman–Crippen MR) is 101 cm³/mol. The molecule has 0 fully saturated rings. The number of aryl methyl sites for hydroxylation is 1. The lowest BCUT2D eigenvalue weighted by molar-refractivity contribution is 0.449. The van der Waals surface area contributed by atoms with Gasteiger partial charge in [0.25, 0.3) is 0 Å². The fraction of sp³-hybridized carbons (Fsp3) is 0.0500. The molecule has 0 aliphatic rings. The summed E-state index contributed by atoms with van der Waals surface area (Å²) in [6, 6.07) is 12.9. The molecule has 2 N–H and O–H groups in total. The molecule has 2 heterocycles. The summed E-state index contributed by atoms with van der Waals surface area (Å²) in [7, 11) is 0. The Labute approximate surface area is 158 Å². The molecular formula is C20H14F3N5. The van der Waals surface area contributed by atoms with Crippen molar-refractivity contribution in [3.8, 4) is 0 Å². The second-order valence-electron chi connectivity index (χ2n) is 6.07. The number of hydrogen-bond donors (Lipinski definition) is 2. The van der Waals surface area contributed by atoms with E-state index in [0.29, 0.717) is 11.4 Å². The lowest BCUT2D eigenvalue weighted by Crippen LogP contribution is -2.04. The molecule has 28 heavy (non-hydrogen) atoms. The van der Waals surface area contributed by atoms with Crippen LogP contribution >= 0.6 is 0 Å². The normalized spacial score (nSPS) is 10.9. The molecule has 0 saturated heterocycles. The summed E-state index contributed by atoms with van der Waals surface area (Å²) in [6.07, 6.45) is 1.68. The van der Waals surface area contributed by atoms with Crippen molar-refractivity contribution in [2.45, 2.75) is 6.92 Å². The summed E-state index contributed by atoms with van der Waals surface area (Å²) in [5, 5.41) is 6.70. The van der Waals surface area contributed by atoms with Gasteiger partial charge < -0.3 is 10.6 Å². The molecule has 0 aliphatic heterocycles. The van der Waals surface area contributed by atoms with Crippen LogP contribution in [0, 0.1) is 24.4 Å². The van der Waals surface area contributed by atoms with Crippen molar-refractivity contribution < 1.29 is 13.2 Å². The number of benzene rings is 2. The molecule has 0 radical (unpaired) electrons. The number of hydrogen-bond acceptors (Lipinski definition) is 5. The van der Waals surface area contributed by atoms with Crippen LogP contribution in [-0.4, -0.2) is 15.0 Å². The third-order valence-electron chi connectivity index (χ3n) is 4.03. The monoisotopic (exact) mass is 381 g/mol. The summed E-state index contributed by atoms with van der Waals surface area (Å²) in [4.78, 5) is 13.0. The maximum absolute atomic E-state index is 13.9. The zero-order chi connectivity index (χ0) is 19.7. The minimum Gasteiger partial charge on any atom is -0.338 e. The second kappa shape index (κ2) is 7.15. The molecule has 4 rings (SSSR count). The Kier molecular flexibility index (Phi) is 4.52. The van der Waals surface area contributed by atoms with E-state index in [1.54, 1.807) is 19.2 Å². The molecule has 0 saturated carbocycles. The largest absolute Gasteiger partial charge is 0.338 e. The SMILES string of the molecule is Cc1cc(Nc2ccc(F)c(F)c2F)nc(Nc2cccc3cccnc23)n1. The Balaban J connectivity index is 1.67. The van der Waals surface area contributed by atoms with Crippen LogP contribution in [0.1, 0.15) is 5.69 Å². The molecular weight excluding hydrogens is 367 g/mol. The van der Waals surface area contributed by atoms with Gasteiger partial charge >= 0.3 is 0 Å². The minimum atomic E-state index is -1.55. The summed E-state index contributed by atoms with van der Waals surface area (Å²) >= 11 is 0. The maximum atomic E-state index is 13.9. The van der Waals surface area contributed by atoms with Gasteiger partial charge in [0, 0.05) is 23.3 Å². The number of rotatable bonds is 4. The van der Waals surface area contributed by atoms with Gasteiger partial charge in [0.05, 0.1) is 16.9 Å². The maximum Gasteiger partial charge on any atom is 0.229 e. The first-order valence-electron chi connectivity index (χ1n) is 8.38. The highest BCUT2D eigenvalue weighted by Gasteiger charge is 2.14. The number of halogens is 3. The smallest absolute Gasteiger partial charge is 0.229 e. The zero-order valence-corrected chi connectivity index (χ0v) is 14.7. The molecule has 0 unspecified atom stereocenters. The number of nitrogens with zero attached hydrogens (tertiary/aromatic N) is 3. The number of anilines is 4. The van der Waals surface area contributed by atoms with Crippen molar-refractivity contribution >= 4 is 34.0 Å². The Hall–Kier alpha value is -3.68. The molecule has 8 heteroatoms. The third-order valence-corrected chi connectivity index (χ3v) is 4.03. The van der Waals surface area contributed by atoms with Gasteiger partial charge in [0.2, 0.25) is 5.95 Å². The van der Waals surface area contributed by atoms with Crippen molar-refractivity contribution in [3.63, 3.8) is 0 Å². The quantitative estimate of drug-likeness (QED) is 0.474. The van der Waals surface area contributed by atoms with E-state index in [1.807, 2.05) is 30.3 Å². The van der Waals surface area contributed by atoms with Crippen molar-refractivity contribution in [1.82, 2.24) is 15.0 Å². The summed E-state index contributed by atoms with van der Waals surface area (Å²) in [5.74, 6) is -3.63. The second-order valence-corrected chi connectivity index (χ2v) is 6.07. The average molecular weight is 381 g/mol. The van der Waals surface area contributed by atoms with Crippen LogP contribution in [0.25, 0.3) is 10.9 Å². The zero-order valence-electron chi connectivity index (χ0n) is 14.7. The van der Waals surface area contributed by atoms with Crippen LogP contribution in [0.5, 0.6) is 0 Å². The number of fused-ring (bicyclic) bond motifs is 1. The predicted octanol–water partition coefficient (Wildman–Crippen LogP) is 5.24. The van der Waals surface area contributed by atoms with Crippen LogP contribution in [0.2, 0.25) is 0 Å². The summed E-state index contributed by atoms with van der Waals surface area (Å²) in [5.41, 5.74) is 1.82. The van der Waals surface area contributed by atoms with Gasteiger partial charge in [0.15, 0.2) is 17.5 Å². The van der Waals surface area contributed by atoms with Crippen LogP contribution in [0.15, 0.2) is 54.7 Å². The molecule has 0 bridgehead atoms. The Morgan fingerprint density at radius 2 is 1.64 bits per heavy atom. The number of aromatic nitrogens is 3. The van der Waals surface area contributed by atoms with E-state index in [-0.39, 0.29) is 17.5 Å². The van der Waals surface area contributed by atoms with Crippen LogP contribution in [-0.2, 0) is 0 Å². The first-order valence-corrected chi connectivity index (χ1v) is 8.38. The van der Waals surface area contributed by atoms with Crippen LogP contribution in [0.4, 0.5) is 36.3 Å². The van der Waals surface area contributed by atoms with E-state index in [4.69, 9.17) is 0 Å². The van der Waals surface area contributed by atoms with E-state index in [1.165, 1.54) is 0 Å². The van der Waals surface area contributed by atoms with Gasteiger partial charge in [-0.2, -0.15) is 4.98 Å². The summed E-state index contributed by atoms with van der Waals surface area (Å²) in [6.45, 7) is 1.74. The molecule has 5 nitrogen and oxygen atoms in total. The fourth-order valence-corrected chi connectivity index (χ4v) is 2.77. The number of para-hydroxylation sites is 1. The molecule has 0 aliphatic carbocycles.